The van der Waals surface area contributed by atoms with E-state index in [0.717, 1.165) is 9.87 Å². The summed E-state index contributed by atoms with van der Waals surface area (Å²) in [6.45, 7) is 7.25. The van der Waals surface area contributed by atoms with Crippen LogP contribution in [0.4, 0.5) is 5.69 Å². The van der Waals surface area contributed by atoms with Gasteiger partial charge in [-0.1, -0.05) is 60.8 Å². The fourth-order valence-electron chi connectivity index (χ4n) is 3.98. The molecule has 0 spiro atoms. The van der Waals surface area contributed by atoms with E-state index in [-0.39, 0.29) is 23.3 Å². The van der Waals surface area contributed by atoms with Gasteiger partial charge in [-0.2, -0.15) is 0 Å². The summed E-state index contributed by atoms with van der Waals surface area (Å²) in [7, 11) is -2.70. The normalized spacial score (nSPS) is 12.1. The second-order valence-corrected chi connectivity index (χ2v) is 12.8. The molecule has 41 heavy (non-hydrogen) atoms. The minimum atomic E-state index is -4.19. The van der Waals surface area contributed by atoms with Gasteiger partial charge in [0.1, 0.15) is 18.3 Å². The first-order valence-corrected chi connectivity index (χ1v) is 15.3. The number of hydrogen-bond donors (Lipinski definition) is 1. The van der Waals surface area contributed by atoms with E-state index in [9.17, 15) is 18.0 Å². The maximum Gasteiger partial charge on any atom is 0.264 e. The molecular weight excluding hydrogens is 585 g/mol. The monoisotopic (exact) mass is 619 g/mol. The number of rotatable bonds is 12. The van der Waals surface area contributed by atoms with Crippen molar-refractivity contribution in [1.82, 2.24) is 10.2 Å². The SMILES string of the molecule is COc1ccc(S(=O)(=O)N(CC(=O)N(Cc2ccc(Cl)cc2Cl)[C@H](C)C(=O)NCC(C)C)c2ccc(C)cc2)cc1. The molecule has 3 rings (SSSR count). The van der Waals surface area contributed by atoms with Crippen LogP contribution in [0.3, 0.4) is 0 Å². The minimum absolute atomic E-state index is 0.0123. The lowest BCUT2D eigenvalue weighted by Gasteiger charge is -2.32. The average molecular weight is 621 g/mol. The third-order valence-corrected chi connectivity index (χ3v) is 8.83. The fraction of sp³-hybridized carbons (Fsp3) is 0.333. The molecule has 0 aromatic heterocycles. The van der Waals surface area contributed by atoms with Crippen LogP contribution in [0.15, 0.2) is 71.6 Å². The number of nitrogens with one attached hydrogen (secondary N) is 1. The summed E-state index contributed by atoms with van der Waals surface area (Å²) in [6.07, 6.45) is 0. The quantitative estimate of drug-likeness (QED) is 0.281. The van der Waals surface area contributed by atoms with E-state index < -0.39 is 28.5 Å². The zero-order valence-electron chi connectivity index (χ0n) is 23.7. The standard InChI is InChI=1S/C30H35Cl2N3O5S/c1-20(2)17-33-30(37)22(4)34(18-23-8-9-24(31)16-28(23)32)29(36)19-35(25-10-6-21(3)7-11-25)41(38,39)27-14-12-26(40-5)13-15-27/h6-16,20,22H,17-19H2,1-5H3,(H,33,37)/t22-/m1/s1. The van der Waals surface area contributed by atoms with Gasteiger partial charge in [-0.05, 0) is 73.9 Å². The van der Waals surface area contributed by atoms with Crippen LogP contribution in [0.2, 0.25) is 10.0 Å². The highest BCUT2D eigenvalue weighted by Crippen LogP contribution is 2.27. The number of benzene rings is 3. The Labute approximate surface area is 252 Å². The summed E-state index contributed by atoms with van der Waals surface area (Å²) in [5, 5.41) is 3.61. The van der Waals surface area contributed by atoms with Gasteiger partial charge in [0.2, 0.25) is 11.8 Å². The molecule has 0 radical (unpaired) electrons. The van der Waals surface area contributed by atoms with Gasteiger partial charge in [-0.25, -0.2) is 8.42 Å². The van der Waals surface area contributed by atoms with Gasteiger partial charge in [0, 0.05) is 23.1 Å². The molecule has 3 aromatic rings. The Kier molecular flexibility index (Phi) is 11.1. The van der Waals surface area contributed by atoms with E-state index in [0.29, 0.717) is 33.6 Å². The molecule has 0 fully saturated rings. The number of aryl methyl sites for hydroxylation is 1. The molecule has 220 valence electrons. The van der Waals surface area contributed by atoms with Gasteiger partial charge in [0.15, 0.2) is 0 Å². The number of carbonyl (C=O) groups excluding carboxylic acids is 2. The Morgan fingerprint density at radius 1 is 0.951 bits per heavy atom. The number of anilines is 1. The molecule has 0 aliphatic carbocycles. The Hall–Kier alpha value is -3.27. The molecule has 2 amide bonds. The number of methoxy groups -OCH3 is 1. The van der Waals surface area contributed by atoms with Crippen LogP contribution < -0.4 is 14.4 Å². The predicted molar refractivity (Wildman–Crippen MR) is 163 cm³/mol. The Balaban J connectivity index is 2.03. The number of halogens is 2. The number of hydrogen-bond acceptors (Lipinski definition) is 5. The molecule has 8 nitrogen and oxygen atoms in total. The molecule has 0 aliphatic rings. The molecule has 0 saturated heterocycles. The topological polar surface area (TPSA) is 96.0 Å². The first-order chi connectivity index (χ1) is 19.3. The summed E-state index contributed by atoms with van der Waals surface area (Å²) in [4.78, 5) is 28.4. The highest BCUT2D eigenvalue weighted by molar-refractivity contribution is 7.92. The van der Waals surface area contributed by atoms with Gasteiger partial charge in [-0.15, -0.1) is 0 Å². The van der Waals surface area contributed by atoms with Crippen molar-refractivity contribution in [1.29, 1.82) is 0 Å². The first-order valence-electron chi connectivity index (χ1n) is 13.1. The van der Waals surface area contributed by atoms with Crippen molar-refractivity contribution in [2.24, 2.45) is 5.92 Å². The first kappa shape index (κ1) is 32.2. The maximum absolute atomic E-state index is 14.0. The molecule has 0 unspecified atom stereocenters. The Morgan fingerprint density at radius 3 is 2.15 bits per heavy atom. The lowest BCUT2D eigenvalue weighted by molar-refractivity contribution is -0.139. The van der Waals surface area contributed by atoms with E-state index in [1.54, 1.807) is 49.4 Å². The van der Waals surface area contributed by atoms with E-state index in [1.165, 1.54) is 36.3 Å². The zero-order chi connectivity index (χ0) is 30.3. The molecule has 1 N–H and O–H groups in total. The van der Waals surface area contributed by atoms with Gasteiger partial charge in [-0.3, -0.25) is 13.9 Å². The Bertz CT molecular complexity index is 1460. The van der Waals surface area contributed by atoms with Gasteiger partial charge < -0.3 is 15.0 Å². The molecule has 3 aromatic carbocycles. The van der Waals surface area contributed by atoms with Crippen LogP contribution in [0, 0.1) is 12.8 Å². The van der Waals surface area contributed by atoms with E-state index in [2.05, 4.69) is 5.32 Å². The summed E-state index contributed by atoms with van der Waals surface area (Å²) >= 11 is 12.5. The molecule has 0 heterocycles. The van der Waals surface area contributed by atoms with E-state index in [1.807, 2.05) is 20.8 Å². The largest absolute Gasteiger partial charge is 0.497 e. The smallest absolute Gasteiger partial charge is 0.264 e. The number of carbonyl (C=O) groups is 2. The van der Waals surface area contributed by atoms with Crippen LogP contribution in [0.1, 0.15) is 31.9 Å². The molecular formula is C30H35Cl2N3O5S. The van der Waals surface area contributed by atoms with Crippen LogP contribution in [-0.2, 0) is 26.2 Å². The van der Waals surface area contributed by atoms with E-state index in [4.69, 9.17) is 27.9 Å². The van der Waals surface area contributed by atoms with E-state index >= 15 is 0 Å². The second-order valence-electron chi connectivity index (χ2n) is 10.1. The molecule has 11 heteroatoms. The highest BCUT2D eigenvalue weighted by Gasteiger charge is 2.33. The average Bonchev–Trinajstić information content (AvgIpc) is 2.94. The third-order valence-electron chi connectivity index (χ3n) is 6.46. The summed E-state index contributed by atoms with van der Waals surface area (Å²) in [5.41, 5.74) is 1.80. The number of sulfonamides is 1. The summed E-state index contributed by atoms with van der Waals surface area (Å²) in [6, 6.07) is 16.7. The second kappa shape index (κ2) is 14.1. The fourth-order valence-corrected chi connectivity index (χ4v) is 5.87. The van der Waals surface area contributed by atoms with Gasteiger partial charge >= 0.3 is 0 Å². The maximum atomic E-state index is 14.0. The van der Waals surface area contributed by atoms with Gasteiger partial charge in [0.25, 0.3) is 10.0 Å². The lowest BCUT2D eigenvalue weighted by atomic mass is 10.1. The Morgan fingerprint density at radius 2 is 1.59 bits per heavy atom. The third kappa shape index (κ3) is 8.38. The van der Waals surface area contributed by atoms with Crippen LogP contribution in [0.25, 0.3) is 0 Å². The molecule has 1 atom stereocenters. The number of nitrogens with zero attached hydrogens (tertiary/aromatic N) is 2. The van der Waals surface area contributed by atoms with Crippen molar-refractivity contribution in [3.63, 3.8) is 0 Å². The zero-order valence-corrected chi connectivity index (χ0v) is 26.1. The van der Waals surface area contributed by atoms with Crippen molar-refractivity contribution < 1.29 is 22.7 Å². The molecule has 0 bridgehead atoms. The van der Waals surface area contributed by atoms with Gasteiger partial charge in [0.05, 0.1) is 17.7 Å². The van der Waals surface area contributed by atoms with Crippen molar-refractivity contribution >= 4 is 50.7 Å². The number of amides is 2. The summed E-state index contributed by atoms with van der Waals surface area (Å²) < 4.78 is 34.0. The summed E-state index contributed by atoms with van der Waals surface area (Å²) in [5.74, 6) is -0.250. The van der Waals surface area contributed by atoms with Crippen molar-refractivity contribution in [2.75, 3.05) is 24.5 Å². The van der Waals surface area contributed by atoms with Crippen molar-refractivity contribution in [3.8, 4) is 5.75 Å². The lowest BCUT2D eigenvalue weighted by Crippen LogP contribution is -2.51. The predicted octanol–water partition coefficient (Wildman–Crippen LogP) is 5.70. The minimum Gasteiger partial charge on any atom is -0.497 e. The molecule has 0 aliphatic heterocycles. The van der Waals surface area contributed by atoms with Crippen molar-refractivity contribution in [3.05, 3.63) is 87.9 Å². The van der Waals surface area contributed by atoms with Crippen LogP contribution in [-0.4, -0.2) is 51.4 Å². The van der Waals surface area contributed by atoms with Crippen molar-refractivity contribution in [2.45, 2.75) is 45.2 Å². The van der Waals surface area contributed by atoms with Crippen LogP contribution in [0.5, 0.6) is 5.75 Å². The van der Waals surface area contributed by atoms with Crippen LogP contribution >= 0.6 is 23.2 Å². The highest BCUT2D eigenvalue weighted by atomic mass is 35.5. The molecule has 0 saturated carbocycles. The number of ether oxygens (including phenoxy) is 1.